The lowest BCUT2D eigenvalue weighted by molar-refractivity contribution is -0.148. The molecule has 0 radical (unpaired) electrons. The van der Waals surface area contributed by atoms with Crippen molar-refractivity contribution in [3.8, 4) is 0 Å². The molecule has 0 aromatic heterocycles. The molecule has 0 aromatic rings. The van der Waals surface area contributed by atoms with E-state index in [2.05, 4.69) is 26.8 Å². The molecular formula is C30H60O4. The summed E-state index contributed by atoms with van der Waals surface area (Å²) in [6.45, 7) is 9.52. The maximum Gasteiger partial charge on any atom is 0.188 e. The van der Waals surface area contributed by atoms with Crippen molar-refractivity contribution in [2.75, 3.05) is 26.6 Å². The molecule has 4 heteroatoms. The van der Waals surface area contributed by atoms with Crippen LogP contribution in [0.4, 0.5) is 0 Å². The van der Waals surface area contributed by atoms with Gasteiger partial charge in [0.25, 0.3) is 0 Å². The van der Waals surface area contributed by atoms with E-state index in [0.29, 0.717) is 6.79 Å². The third-order valence-corrected chi connectivity index (χ3v) is 6.15. The minimum absolute atomic E-state index is 0.0348. The van der Waals surface area contributed by atoms with Crippen molar-refractivity contribution < 1.29 is 18.9 Å². The maximum atomic E-state index is 6.14. The molecule has 0 N–H and O–H groups in total. The molecule has 0 rings (SSSR count). The zero-order chi connectivity index (χ0) is 24.8. The predicted octanol–water partition coefficient (Wildman–Crippen LogP) is 9.71. The molecule has 0 unspecified atom stereocenters. The second-order valence-electron chi connectivity index (χ2n) is 9.62. The minimum atomic E-state index is -0.0348. The summed E-state index contributed by atoms with van der Waals surface area (Å²) in [6.07, 6.45) is 28.8. The minimum Gasteiger partial charge on any atom is -0.475 e. The third-order valence-electron chi connectivity index (χ3n) is 6.15. The van der Waals surface area contributed by atoms with Crippen LogP contribution < -0.4 is 0 Å². The molecule has 0 heterocycles. The summed E-state index contributed by atoms with van der Waals surface area (Å²) in [5.74, 6) is 0. The zero-order valence-corrected chi connectivity index (χ0v) is 23.3. The van der Waals surface area contributed by atoms with Gasteiger partial charge in [0.15, 0.2) is 13.1 Å². The number of rotatable bonds is 29. The first-order chi connectivity index (χ1) is 16.8. The van der Waals surface area contributed by atoms with Crippen LogP contribution in [0, 0.1) is 0 Å². The first-order valence-corrected chi connectivity index (χ1v) is 14.9. The van der Waals surface area contributed by atoms with Gasteiger partial charge in [0.1, 0.15) is 0 Å². The lowest BCUT2D eigenvalue weighted by Gasteiger charge is -2.19. The zero-order valence-electron chi connectivity index (χ0n) is 23.3. The molecule has 0 aromatic carbocycles. The lowest BCUT2D eigenvalue weighted by atomic mass is 10.1. The van der Waals surface area contributed by atoms with Crippen molar-refractivity contribution in [3.05, 3.63) is 12.3 Å². The van der Waals surface area contributed by atoms with E-state index in [9.17, 15) is 0 Å². The Morgan fingerprint density at radius 2 is 1.06 bits per heavy atom. The largest absolute Gasteiger partial charge is 0.475 e. The molecular weight excluding hydrogens is 424 g/mol. The summed E-state index contributed by atoms with van der Waals surface area (Å²) in [5, 5.41) is 0. The summed E-state index contributed by atoms with van der Waals surface area (Å²) < 4.78 is 23.0. The molecule has 0 saturated heterocycles. The van der Waals surface area contributed by atoms with E-state index < -0.39 is 0 Å². The Labute approximate surface area is 213 Å². The molecule has 0 spiro atoms. The number of allylic oxidation sites excluding steroid dienone is 1. The second-order valence-corrected chi connectivity index (χ2v) is 9.62. The fraction of sp³-hybridized carbons (Fsp3) is 0.933. The smallest absolute Gasteiger partial charge is 0.188 e. The van der Waals surface area contributed by atoms with Crippen LogP contribution in [0.3, 0.4) is 0 Å². The Balaban J connectivity index is 3.90. The Kier molecular flexibility index (Phi) is 29.9. The van der Waals surface area contributed by atoms with E-state index in [0.717, 1.165) is 71.2 Å². The Morgan fingerprint density at radius 1 is 0.529 bits per heavy atom. The van der Waals surface area contributed by atoms with Crippen LogP contribution in [0.2, 0.25) is 0 Å². The van der Waals surface area contributed by atoms with Crippen LogP contribution in [-0.2, 0) is 18.9 Å². The fourth-order valence-corrected chi connectivity index (χ4v) is 3.86. The van der Waals surface area contributed by atoms with Gasteiger partial charge >= 0.3 is 0 Å². The van der Waals surface area contributed by atoms with Crippen molar-refractivity contribution in [1.82, 2.24) is 0 Å². The van der Waals surface area contributed by atoms with Crippen LogP contribution in [0.1, 0.15) is 149 Å². The first-order valence-electron chi connectivity index (χ1n) is 14.9. The van der Waals surface area contributed by atoms with Crippen LogP contribution in [0.15, 0.2) is 12.3 Å². The van der Waals surface area contributed by atoms with Gasteiger partial charge in [-0.3, -0.25) is 0 Å². The van der Waals surface area contributed by atoms with E-state index >= 15 is 0 Å². The summed E-state index contributed by atoms with van der Waals surface area (Å²) in [6, 6.07) is 0. The average molecular weight is 485 g/mol. The summed E-state index contributed by atoms with van der Waals surface area (Å²) in [5.41, 5.74) is 0. The van der Waals surface area contributed by atoms with Gasteiger partial charge in [-0.1, -0.05) is 104 Å². The standard InChI is InChI=1S/C30H60O4/c1-4-7-10-12-14-17-22-27-33-30(34-28-23-18-15-13-11-8-5-2)24-20-16-19-21-26-32-29-31-25-9-6-3/h21,26,30H,4-20,22-25,27-29H2,1-3H3. The van der Waals surface area contributed by atoms with Crippen LogP contribution in [-0.4, -0.2) is 32.9 Å². The van der Waals surface area contributed by atoms with E-state index in [1.165, 1.54) is 77.0 Å². The second kappa shape index (κ2) is 30.5. The molecule has 4 nitrogen and oxygen atoms in total. The molecule has 0 atom stereocenters. The number of ether oxygens (including phenoxy) is 4. The summed E-state index contributed by atoms with van der Waals surface area (Å²) in [7, 11) is 0. The van der Waals surface area contributed by atoms with Gasteiger partial charge < -0.3 is 18.9 Å². The van der Waals surface area contributed by atoms with Crippen LogP contribution >= 0.6 is 0 Å². The molecule has 34 heavy (non-hydrogen) atoms. The molecule has 0 fully saturated rings. The highest BCUT2D eigenvalue weighted by Gasteiger charge is 2.09. The van der Waals surface area contributed by atoms with Crippen molar-refractivity contribution >= 4 is 0 Å². The topological polar surface area (TPSA) is 36.9 Å². The van der Waals surface area contributed by atoms with E-state index in [1.54, 1.807) is 6.26 Å². The predicted molar refractivity (Wildman–Crippen MR) is 146 cm³/mol. The van der Waals surface area contributed by atoms with Crippen molar-refractivity contribution in [3.63, 3.8) is 0 Å². The van der Waals surface area contributed by atoms with E-state index in [4.69, 9.17) is 18.9 Å². The van der Waals surface area contributed by atoms with Crippen molar-refractivity contribution in [2.24, 2.45) is 0 Å². The molecule has 0 bridgehead atoms. The highest BCUT2D eigenvalue weighted by molar-refractivity contribution is 4.72. The van der Waals surface area contributed by atoms with Gasteiger partial charge in [-0.25, -0.2) is 0 Å². The lowest BCUT2D eigenvalue weighted by Crippen LogP contribution is -2.19. The molecule has 0 saturated carbocycles. The Morgan fingerprint density at radius 3 is 1.62 bits per heavy atom. The maximum absolute atomic E-state index is 6.14. The quantitative estimate of drug-likeness (QED) is 0.0601. The van der Waals surface area contributed by atoms with Gasteiger partial charge in [-0.05, 0) is 51.0 Å². The molecule has 0 aliphatic rings. The monoisotopic (exact) mass is 484 g/mol. The highest BCUT2D eigenvalue weighted by Crippen LogP contribution is 2.13. The van der Waals surface area contributed by atoms with E-state index in [1.807, 2.05) is 0 Å². The van der Waals surface area contributed by atoms with Crippen LogP contribution in [0.5, 0.6) is 0 Å². The van der Waals surface area contributed by atoms with Crippen molar-refractivity contribution in [2.45, 2.75) is 155 Å². The van der Waals surface area contributed by atoms with Crippen LogP contribution in [0.25, 0.3) is 0 Å². The number of unbranched alkanes of at least 4 members (excludes halogenated alkanes) is 15. The van der Waals surface area contributed by atoms with Gasteiger partial charge in [-0.2, -0.15) is 0 Å². The van der Waals surface area contributed by atoms with E-state index in [-0.39, 0.29) is 6.29 Å². The molecule has 0 aliphatic carbocycles. The van der Waals surface area contributed by atoms with Gasteiger partial charge in [0.2, 0.25) is 0 Å². The van der Waals surface area contributed by atoms with Gasteiger partial charge in [0.05, 0.1) is 12.9 Å². The Hall–Kier alpha value is -0.580. The summed E-state index contributed by atoms with van der Waals surface area (Å²) >= 11 is 0. The number of hydrogen-bond acceptors (Lipinski definition) is 4. The fourth-order valence-electron chi connectivity index (χ4n) is 3.86. The molecule has 0 aliphatic heterocycles. The van der Waals surface area contributed by atoms with Gasteiger partial charge in [0, 0.05) is 13.2 Å². The highest BCUT2D eigenvalue weighted by atomic mass is 16.7. The summed E-state index contributed by atoms with van der Waals surface area (Å²) in [4.78, 5) is 0. The third kappa shape index (κ3) is 27.7. The molecule has 0 amide bonds. The average Bonchev–Trinajstić information content (AvgIpc) is 2.85. The first kappa shape index (κ1) is 33.4. The normalized spacial score (nSPS) is 11.8. The number of hydrogen-bond donors (Lipinski definition) is 0. The Bertz CT molecular complexity index is 366. The van der Waals surface area contributed by atoms with Gasteiger partial charge in [-0.15, -0.1) is 0 Å². The SMILES string of the molecule is CCCCCCCCCOC(CCCCC=COCOCCCC)OCCCCCCCCC. The van der Waals surface area contributed by atoms with Crippen molar-refractivity contribution in [1.29, 1.82) is 0 Å². The molecule has 204 valence electrons.